The number of fused-ring (bicyclic) bond motifs is 1. The van der Waals surface area contributed by atoms with Gasteiger partial charge in [-0.15, -0.1) is 0 Å². The fraction of sp³-hybridized carbons (Fsp3) is 0. The van der Waals surface area contributed by atoms with Crippen LogP contribution in [0, 0.1) is 0 Å². The maximum atomic E-state index is 6.19. The number of nitrogens with zero attached hydrogens (tertiary/aromatic N) is 2. The molecule has 118 valence electrons. The van der Waals surface area contributed by atoms with Gasteiger partial charge in [0.05, 0.1) is 21.4 Å². The van der Waals surface area contributed by atoms with E-state index in [1.165, 1.54) is 0 Å². The van der Waals surface area contributed by atoms with E-state index < -0.39 is 0 Å². The first kappa shape index (κ1) is 15.0. The normalized spacial score (nSPS) is 10.9. The van der Waals surface area contributed by atoms with Crippen molar-refractivity contribution in [3.8, 4) is 11.3 Å². The van der Waals surface area contributed by atoms with Crippen LogP contribution in [0.25, 0.3) is 22.3 Å². The molecule has 0 aliphatic carbocycles. The molecule has 0 spiro atoms. The molecule has 0 unspecified atom stereocenters. The van der Waals surface area contributed by atoms with Crippen molar-refractivity contribution < 1.29 is 0 Å². The quantitative estimate of drug-likeness (QED) is 0.497. The molecule has 0 radical (unpaired) electrons. The lowest BCUT2D eigenvalue weighted by molar-refractivity contribution is 1.30. The molecule has 4 nitrogen and oxygen atoms in total. The predicted molar refractivity (Wildman–Crippen MR) is 99.1 cm³/mol. The Hall–Kier alpha value is -2.56. The lowest BCUT2D eigenvalue weighted by Crippen LogP contribution is -1.95. The highest BCUT2D eigenvalue weighted by Crippen LogP contribution is 2.30. The number of hydrogen-bond acceptors (Lipinski definition) is 3. The molecule has 0 aliphatic heterocycles. The van der Waals surface area contributed by atoms with Crippen LogP contribution in [-0.4, -0.2) is 15.0 Å². The molecule has 1 aromatic carbocycles. The van der Waals surface area contributed by atoms with Gasteiger partial charge in [0.2, 0.25) is 0 Å². The van der Waals surface area contributed by atoms with Crippen LogP contribution in [0.3, 0.4) is 0 Å². The molecular weight excluding hydrogens is 343 g/mol. The molecule has 0 saturated heterocycles. The van der Waals surface area contributed by atoms with Crippen molar-refractivity contribution in [1.82, 2.24) is 15.0 Å². The summed E-state index contributed by atoms with van der Waals surface area (Å²) in [5, 5.41) is 5.41. The average molecular weight is 355 g/mol. The minimum absolute atomic E-state index is 0.591. The number of benzene rings is 1. The maximum Gasteiger partial charge on any atom is 0.138 e. The van der Waals surface area contributed by atoms with Gasteiger partial charge in [0, 0.05) is 23.3 Å². The number of para-hydroxylation sites is 1. The third kappa shape index (κ3) is 2.82. The predicted octanol–water partition coefficient (Wildman–Crippen LogP) is 5.68. The van der Waals surface area contributed by atoms with E-state index in [0.29, 0.717) is 15.9 Å². The van der Waals surface area contributed by atoms with Crippen molar-refractivity contribution in [2.45, 2.75) is 0 Å². The summed E-state index contributed by atoms with van der Waals surface area (Å²) in [6, 6.07) is 15.2. The van der Waals surface area contributed by atoms with Crippen LogP contribution >= 0.6 is 23.2 Å². The molecule has 0 atom stereocenters. The number of rotatable bonds is 3. The van der Waals surface area contributed by atoms with Gasteiger partial charge in [0.15, 0.2) is 0 Å². The topological polar surface area (TPSA) is 53.6 Å². The number of nitrogens with one attached hydrogen (secondary N) is 2. The van der Waals surface area contributed by atoms with Crippen molar-refractivity contribution in [2.24, 2.45) is 0 Å². The number of aromatic nitrogens is 3. The number of H-pyrrole nitrogens is 1. The molecule has 0 aliphatic rings. The first-order valence-electron chi connectivity index (χ1n) is 7.32. The van der Waals surface area contributed by atoms with Crippen LogP contribution in [0.2, 0.25) is 10.0 Å². The van der Waals surface area contributed by atoms with Gasteiger partial charge in [-0.05, 0) is 30.3 Å². The Labute approximate surface area is 148 Å². The molecule has 3 heterocycles. The molecule has 6 heteroatoms. The van der Waals surface area contributed by atoms with Gasteiger partial charge in [-0.3, -0.25) is 0 Å². The summed E-state index contributed by atoms with van der Waals surface area (Å²) in [6.45, 7) is 0. The minimum atomic E-state index is 0.591. The highest BCUT2D eigenvalue weighted by molar-refractivity contribution is 6.33. The van der Waals surface area contributed by atoms with E-state index in [-0.39, 0.29) is 0 Å². The molecule has 3 aromatic heterocycles. The molecule has 0 saturated carbocycles. The van der Waals surface area contributed by atoms with Crippen molar-refractivity contribution in [2.75, 3.05) is 5.32 Å². The first-order valence-corrected chi connectivity index (χ1v) is 8.08. The van der Waals surface area contributed by atoms with Gasteiger partial charge in [-0.25, -0.2) is 9.97 Å². The SMILES string of the molecule is Clc1cnc2[nH]cc(-c3cccc(Nc4ccccc4Cl)n3)c2c1. The van der Waals surface area contributed by atoms with E-state index in [9.17, 15) is 0 Å². The molecule has 24 heavy (non-hydrogen) atoms. The Morgan fingerprint density at radius 2 is 1.88 bits per heavy atom. The Morgan fingerprint density at radius 3 is 2.75 bits per heavy atom. The Balaban J connectivity index is 1.74. The third-order valence-electron chi connectivity index (χ3n) is 3.66. The zero-order valence-electron chi connectivity index (χ0n) is 12.4. The molecule has 2 N–H and O–H groups in total. The molecule has 0 bridgehead atoms. The van der Waals surface area contributed by atoms with Crippen molar-refractivity contribution in [3.05, 3.63) is 71.0 Å². The number of hydrogen-bond donors (Lipinski definition) is 2. The summed E-state index contributed by atoms with van der Waals surface area (Å²) in [7, 11) is 0. The third-order valence-corrected chi connectivity index (χ3v) is 4.20. The fourth-order valence-electron chi connectivity index (χ4n) is 2.54. The van der Waals surface area contributed by atoms with E-state index in [4.69, 9.17) is 23.2 Å². The molecule has 4 aromatic rings. The van der Waals surface area contributed by atoms with Gasteiger partial charge in [0.25, 0.3) is 0 Å². The molecule has 4 rings (SSSR count). The summed E-state index contributed by atoms with van der Waals surface area (Å²) in [5.74, 6) is 0.713. The van der Waals surface area contributed by atoms with Gasteiger partial charge in [-0.2, -0.15) is 0 Å². The highest BCUT2D eigenvalue weighted by Gasteiger charge is 2.10. The maximum absolute atomic E-state index is 6.19. The van der Waals surface area contributed by atoms with E-state index in [0.717, 1.165) is 28.0 Å². The lowest BCUT2D eigenvalue weighted by atomic mass is 10.1. The largest absolute Gasteiger partial charge is 0.345 e. The Bertz CT molecular complexity index is 1030. The number of halogens is 2. The molecular formula is C18H12Cl2N4. The number of pyridine rings is 2. The van der Waals surface area contributed by atoms with Crippen LogP contribution in [0.1, 0.15) is 0 Å². The standard InChI is InChI=1S/C18H12Cl2N4/c19-11-8-12-13(10-22-18(12)21-9-11)15-6-3-7-17(23-15)24-16-5-2-1-4-14(16)20/h1-10H,(H,21,22)(H,23,24). The van der Waals surface area contributed by atoms with Gasteiger partial charge >= 0.3 is 0 Å². The summed E-state index contributed by atoms with van der Waals surface area (Å²) in [6.07, 6.45) is 3.50. The Kier molecular flexibility index (Phi) is 3.84. The monoisotopic (exact) mass is 354 g/mol. The summed E-state index contributed by atoms with van der Waals surface area (Å²) >= 11 is 12.3. The van der Waals surface area contributed by atoms with Crippen LogP contribution in [0.5, 0.6) is 0 Å². The zero-order valence-corrected chi connectivity index (χ0v) is 13.9. The van der Waals surface area contributed by atoms with E-state index >= 15 is 0 Å². The molecule has 0 amide bonds. The summed E-state index contributed by atoms with van der Waals surface area (Å²) in [5.41, 5.74) is 3.36. The van der Waals surface area contributed by atoms with Gasteiger partial charge in [0.1, 0.15) is 11.5 Å². The van der Waals surface area contributed by atoms with Gasteiger partial charge < -0.3 is 10.3 Å². The summed E-state index contributed by atoms with van der Waals surface area (Å²) in [4.78, 5) is 12.1. The van der Waals surface area contributed by atoms with E-state index in [1.54, 1.807) is 6.20 Å². The fourth-order valence-corrected chi connectivity index (χ4v) is 2.89. The van der Waals surface area contributed by atoms with Crippen LogP contribution in [0.4, 0.5) is 11.5 Å². The highest BCUT2D eigenvalue weighted by atomic mass is 35.5. The van der Waals surface area contributed by atoms with E-state index in [2.05, 4.69) is 20.3 Å². The van der Waals surface area contributed by atoms with Crippen molar-refractivity contribution in [3.63, 3.8) is 0 Å². The second-order valence-electron chi connectivity index (χ2n) is 5.26. The average Bonchev–Trinajstić information content (AvgIpc) is 3.00. The summed E-state index contributed by atoms with van der Waals surface area (Å²) < 4.78 is 0. The number of aromatic amines is 1. The van der Waals surface area contributed by atoms with E-state index in [1.807, 2.05) is 54.7 Å². The van der Waals surface area contributed by atoms with Crippen molar-refractivity contribution in [1.29, 1.82) is 0 Å². The molecule has 0 fully saturated rings. The lowest BCUT2D eigenvalue weighted by Gasteiger charge is -2.08. The Morgan fingerprint density at radius 1 is 1.00 bits per heavy atom. The van der Waals surface area contributed by atoms with Gasteiger partial charge in [-0.1, -0.05) is 41.4 Å². The van der Waals surface area contributed by atoms with Crippen LogP contribution in [0.15, 0.2) is 60.9 Å². The second kappa shape index (κ2) is 6.15. The zero-order chi connectivity index (χ0) is 16.5. The van der Waals surface area contributed by atoms with Crippen molar-refractivity contribution >= 4 is 45.7 Å². The number of anilines is 2. The minimum Gasteiger partial charge on any atom is -0.345 e. The van der Waals surface area contributed by atoms with Crippen LogP contribution < -0.4 is 5.32 Å². The van der Waals surface area contributed by atoms with Crippen LogP contribution in [-0.2, 0) is 0 Å². The second-order valence-corrected chi connectivity index (χ2v) is 6.11. The smallest absolute Gasteiger partial charge is 0.138 e. The first-order chi connectivity index (χ1) is 11.7.